The third-order valence-corrected chi connectivity index (χ3v) is 3.93. The van der Waals surface area contributed by atoms with Crippen LogP contribution in [0.2, 0.25) is 0 Å². The zero-order chi connectivity index (χ0) is 11.2. The Hall–Kier alpha value is -0.120. The predicted octanol–water partition coefficient (Wildman–Crippen LogP) is 2.09. The molecule has 3 nitrogen and oxygen atoms in total. The van der Waals surface area contributed by atoms with E-state index < -0.39 is 0 Å². The average molecular weight is 227 g/mol. The van der Waals surface area contributed by atoms with Gasteiger partial charge in [-0.1, -0.05) is 19.3 Å². The van der Waals surface area contributed by atoms with Crippen molar-refractivity contribution in [3.8, 4) is 0 Å². The molecule has 3 heteroatoms. The van der Waals surface area contributed by atoms with Gasteiger partial charge in [-0.3, -0.25) is 0 Å². The summed E-state index contributed by atoms with van der Waals surface area (Å²) in [6.45, 7) is 2.52. The highest BCUT2D eigenvalue weighted by Gasteiger charge is 2.26. The van der Waals surface area contributed by atoms with Gasteiger partial charge in [-0.2, -0.15) is 0 Å². The van der Waals surface area contributed by atoms with Crippen LogP contribution < -0.4 is 5.73 Å². The Morgan fingerprint density at radius 2 is 1.75 bits per heavy atom. The molecule has 0 aromatic rings. The monoisotopic (exact) mass is 227 g/mol. The van der Waals surface area contributed by atoms with Crippen LogP contribution in [0.25, 0.3) is 0 Å². The second kappa shape index (κ2) is 6.58. The first kappa shape index (κ1) is 12.3. The van der Waals surface area contributed by atoms with Gasteiger partial charge in [0.25, 0.3) is 0 Å². The van der Waals surface area contributed by atoms with Crippen molar-refractivity contribution >= 4 is 0 Å². The van der Waals surface area contributed by atoms with Gasteiger partial charge in [-0.15, -0.1) is 0 Å². The maximum Gasteiger partial charge on any atom is 0.0622 e. The SMILES string of the molecule is NCC1CCCCCC1OC1CCOCC1. The van der Waals surface area contributed by atoms with Gasteiger partial charge in [0.05, 0.1) is 12.2 Å². The Morgan fingerprint density at radius 3 is 2.50 bits per heavy atom. The van der Waals surface area contributed by atoms with Crippen LogP contribution in [0, 0.1) is 5.92 Å². The van der Waals surface area contributed by atoms with Crippen LogP contribution in [0.15, 0.2) is 0 Å². The molecule has 2 aliphatic rings. The summed E-state index contributed by atoms with van der Waals surface area (Å²) >= 11 is 0. The van der Waals surface area contributed by atoms with E-state index in [0.29, 0.717) is 18.1 Å². The molecule has 2 rings (SSSR count). The standard InChI is InChI=1S/C13H25NO2/c14-10-11-4-2-1-3-5-13(11)16-12-6-8-15-9-7-12/h11-13H,1-10,14H2. The van der Waals surface area contributed by atoms with Crippen molar-refractivity contribution in [1.82, 2.24) is 0 Å². The van der Waals surface area contributed by atoms with Gasteiger partial charge in [0.1, 0.15) is 0 Å². The maximum absolute atomic E-state index is 6.26. The second-order valence-electron chi connectivity index (χ2n) is 5.12. The Balaban J connectivity index is 1.83. The molecular formula is C13H25NO2. The van der Waals surface area contributed by atoms with Crippen molar-refractivity contribution < 1.29 is 9.47 Å². The van der Waals surface area contributed by atoms with Gasteiger partial charge < -0.3 is 15.2 Å². The quantitative estimate of drug-likeness (QED) is 0.751. The number of rotatable bonds is 3. The number of ether oxygens (including phenoxy) is 2. The lowest BCUT2D eigenvalue weighted by atomic mass is 9.97. The summed E-state index contributed by atoms with van der Waals surface area (Å²) in [6, 6.07) is 0. The normalized spacial score (nSPS) is 33.6. The van der Waals surface area contributed by atoms with Crippen LogP contribution in [-0.2, 0) is 9.47 Å². The minimum Gasteiger partial charge on any atom is -0.381 e. The molecule has 0 aromatic heterocycles. The van der Waals surface area contributed by atoms with Crippen LogP contribution in [0.4, 0.5) is 0 Å². The van der Waals surface area contributed by atoms with E-state index in [4.69, 9.17) is 15.2 Å². The summed E-state index contributed by atoms with van der Waals surface area (Å²) in [4.78, 5) is 0. The Morgan fingerprint density at radius 1 is 1.00 bits per heavy atom. The molecule has 0 bridgehead atoms. The maximum atomic E-state index is 6.26. The lowest BCUT2D eigenvalue weighted by Gasteiger charge is -2.31. The molecule has 0 amide bonds. The lowest BCUT2D eigenvalue weighted by Crippen LogP contribution is -2.35. The number of nitrogens with two attached hydrogens (primary N) is 1. The van der Waals surface area contributed by atoms with Crippen molar-refractivity contribution in [3.05, 3.63) is 0 Å². The molecule has 1 aliphatic heterocycles. The fourth-order valence-electron chi connectivity index (χ4n) is 2.86. The minimum absolute atomic E-state index is 0.413. The zero-order valence-electron chi connectivity index (χ0n) is 10.2. The number of hydrogen-bond donors (Lipinski definition) is 1. The van der Waals surface area contributed by atoms with Crippen molar-refractivity contribution in [2.24, 2.45) is 11.7 Å². The second-order valence-corrected chi connectivity index (χ2v) is 5.12. The summed E-state index contributed by atoms with van der Waals surface area (Å²) in [5, 5.41) is 0. The van der Waals surface area contributed by atoms with E-state index >= 15 is 0 Å². The molecule has 0 aromatic carbocycles. The first-order chi connectivity index (χ1) is 7.90. The molecule has 1 heterocycles. The van der Waals surface area contributed by atoms with E-state index in [-0.39, 0.29) is 0 Å². The highest BCUT2D eigenvalue weighted by atomic mass is 16.5. The van der Waals surface area contributed by atoms with Crippen molar-refractivity contribution in [1.29, 1.82) is 0 Å². The minimum atomic E-state index is 0.413. The van der Waals surface area contributed by atoms with Crippen LogP contribution in [0.1, 0.15) is 44.9 Å². The van der Waals surface area contributed by atoms with Crippen LogP contribution >= 0.6 is 0 Å². The van der Waals surface area contributed by atoms with Gasteiger partial charge in [0.2, 0.25) is 0 Å². The van der Waals surface area contributed by atoms with E-state index in [2.05, 4.69) is 0 Å². The van der Waals surface area contributed by atoms with Gasteiger partial charge in [0.15, 0.2) is 0 Å². The highest BCUT2D eigenvalue weighted by molar-refractivity contribution is 4.77. The molecule has 2 atom stereocenters. The van der Waals surface area contributed by atoms with E-state index in [1.807, 2.05) is 0 Å². The molecule has 94 valence electrons. The number of hydrogen-bond acceptors (Lipinski definition) is 3. The molecule has 1 saturated carbocycles. The smallest absolute Gasteiger partial charge is 0.0622 e. The van der Waals surface area contributed by atoms with E-state index in [1.165, 1.54) is 32.1 Å². The molecule has 0 spiro atoms. The Bertz CT molecular complexity index is 192. The summed E-state index contributed by atoms with van der Waals surface area (Å²) in [5.74, 6) is 0.588. The first-order valence-corrected chi connectivity index (χ1v) is 6.83. The summed E-state index contributed by atoms with van der Waals surface area (Å²) in [5.41, 5.74) is 5.86. The van der Waals surface area contributed by atoms with Crippen LogP contribution in [0.3, 0.4) is 0 Å². The first-order valence-electron chi connectivity index (χ1n) is 6.83. The third-order valence-electron chi connectivity index (χ3n) is 3.93. The molecule has 2 unspecified atom stereocenters. The van der Waals surface area contributed by atoms with Crippen molar-refractivity contribution in [2.75, 3.05) is 19.8 Å². The topological polar surface area (TPSA) is 44.5 Å². The van der Waals surface area contributed by atoms with E-state index in [9.17, 15) is 0 Å². The van der Waals surface area contributed by atoms with E-state index in [1.54, 1.807) is 0 Å². The van der Waals surface area contributed by atoms with Gasteiger partial charge >= 0.3 is 0 Å². The van der Waals surface area contributed by atoms with E-state index in [0.717, 1.165) is 32.6 Å². The Labute approximate surface area is 98.7 Å². The molecule has 1 aliphatic carbocycles. The molecular weight excluding hydrogens is 202 g/mol. The van der Waals surface area contributed by atoms with Crippen molar-refractivity contribution in [3.63, 3.8) is 0 Å². The van der Waals surface area contributed by atoms with Crippen molar-refractivity contribution in [2.45, 2.75) is 57.2 Å². The third kappa shape index (κ3) is 3.44. The highest BCUT2D eigenvalue weighted by Crippen LogP contribution is 2.27. The van der Waals surface area contributed by atoms with Gasteiger partial charge in [-0.25, -0.2) is 0 Å². The molecule has 2 N–H and O–H groups in total. The molecule has 16 heavy (non-hydrogen) atoms. The molecule has 0 radical (unpaired) electrons. The molecule has 2 fully saturated rings. The van der Waals surface area contributed by atoms with Gasteiger partial charge in [-0.05, 0) is 38.1 Å². The summed E-state index contributed by atoms with van der Waals surface area (Å²) in [6.07, 6.45) is 9.41. The molecule has 1 saturated heterocycles. The average Bonchev–Trinajstić information content (AvgIpc) is 2.55. The van der Waals surface area contributed by atoms with Crippen LogP contribution in [-0.4, -0.2) is 32.0 Å². The fraction of sp³-hybridized carbons (Fsp3) is 1.00. The largest absolute Gasteiger partial charge is 0.381 e. The lowest BCUT2D eigenvalue weighted by molar-refractivity contribution is -0.0875. The zero-order valence-corrected chi connectivity index (χ0v) is 10.2. The fourth-order valence-corrected chi connectivity index (χ4v) is 2.86. The summed E-state index contributed by atoms with van der Waals surface area (Å²) in [7, 11) is 0. The summed E-state index contributed by atoms with van der Waals surface area (Å²) < 4.78 is 11.6. The van der Waals surface area contributed by atoms with Crippen LogP contribution in [0.5, 0.6) is 0 Å². The predicted molar refractivity (Wildman–Crippen MR) is 64.3 cm³/mol. The van der Waals surface area contributed by atoms with Gasteiger partial charge in [0, 0.05) is 13.2 Å². The Kier molecular flexibility index (Phi) is 5.07.